The molecule has 0 spiro atoms. The molecule has 0 aliphatic carbocycles. The van der Waals surface area contributed by atoms with Gasteiger partial charge in [0.25, 0.3) is 0 Å². The summed E-state index contributed by atoms with van der Waals surface area (Å²) >= 11 is 0. The van der Waals surface area contributed by atoms with E-state index in [1.165, 1.54) is 0 Å². The second kappa shape index (κ2) is 3.56. The largest absolute Gasteiger partial charge is 0.388 e. The highest BCUT2D eigenvalue weighted by molar-refractivity contribution is 7.91. The highest BCUT2D eigenvalue weighted by atomic mass is 32.2. The molecule has 0 radical (unpaired) electrons. The van der Waals surface area contributed by atoms with Crippen LogP contribution >= 0.6 is 0 Å². The number of hydrogen-bond acceptors (Lipinski definition) is 4. The van der Waals surface area contributed by atoms with Crippen molar-refractivity contribution in [3.8, 4) is 0 Å². The Hall–Kier alpha value is -0.880. The van der Waals surface area contributed by atoms with Gasteiger partial charge in [0, 0.05) is 19.2 Å². The molecule has 1 N–H and O–H groups in total. The second-order valence-corrected chi connectivity index (χ2v) is 6.83. The number of sulfone groups is 1. The van der Waals surface area contributed by atoms with E-state index in [1.54, 1.807) is 11.7 Å². The predicted octanol–water partition coefficient (Wildman–Crippen LogP) is -0.179. The monoisotopic (exact) mass is 244 g/mol. The smallest absolute Gasteiger partial charge is 0.153 e. The Bertz CT molecular complexity index is 506. The summed E-state index contributed by atoms with van der Waals surface area (Å²) in [6.45, 7) is 1.87. The van der Waals surface area contributed by atoms with Gasteiger partial charge in [-0.05, 0) is 19.4 Å². The van der Waals surface area contributed by atoms with Crippen LogP contribution in [-0.4, -0.2) is 40.4 Å². The first-order chi connectivity index (χ1) is 7.30. The Morgan fingerprint density at radius 3 is 2.75 bits per heavy atom. The predicted molar refractivity (Wildman–Crippen MR) is 59.9 cm³/mol. The average molecular weight is 244 g/mol. The first-order valence-corrected chi connectivity index (χ1v) is 7.04. The molecule has 1 unspecified atom stereocenters. The van der Waals surface area contributed by atoms with Gasteiger partial charge in [-0.1, -0.05) is 0 Å². The molecule has 2 rings (SSSR count). The highest BCUT2D eigenvalue weighted by Crippen LogP contribution is 2.27. The average Bonchev–Trinajstić information content (AvgIpc) is 2.54. The first-order valence-electron chi connectivity index (χ1n) is 5.22. The summed E-state index contributed by atoms with van der Waals surface area (Å²) in [7, 11) is -1.26. The molecular weight excluding hydrogens is 228 g/mol. The summed E-state index contributed by atoms with van der Waals surface area (Å²) in [5, 5.41) is 14.4. The van der Waals surface area contributed by atoms with Crippen LogP contribution in [0.3, 0.4) is 0 Å². The minimum atomic E-state index is -3.06. The van der Waals surface area contributed by atoms with Crippen LogP contribution in [0.5, 0.6) is 0 Å². The van der Waals surface area contributed by atoms with E-state index < -0.39 is 15.4 Å². The van der Waals surface area contributed by atoms with E-state index in [4.69, 9.17) is 0 Å². The molecule has 1 aromatic rings. The van der Waals surface area contributed by atoms with Crippen molar-refractivity contribution in [2.75, 3.05) is 11.5 Å². The van der Waals surface area contributed by atoms with Crippen molar-refractivity contribution >= 4 is 9.84 Å². The summed E-state index contributed by atoms with van der Waals surface area (Å²) in [4.78, 5) is 0. The lowest BCUT2D eigenvalue weighted by molar-refractivity contribution is 0.0662. The Morgan fingerprint density at radius 2 is 2.31 bits per heavy atom. The third-order valence-electron chi connectivity index (χ3n) is 2.98. The topological polar surface area (TPSA) is 72.2 Å². The maximum atomic E-state index is 11.3. The number of aryl methyl sites for hydroxylation is 2. The van der Waals surface area contributed by atoms with Crippen LogP contribution in [0.2, 0.25) is 0 Å². The molecule has 90 valence electrons. The number of aliphatic hydroxyl groups is 1. The summed E-state index contributed by atoms with van der Waals surface area (Å²) < 4.78 is 24.4. The molecule has 6 heteroatoms. The Morgan fingerprint density at radius 1 is 1.62 bits per heavy atom. The van der Waals surface area contributed by atoms with E-state index in [1.807, 2.05) is 13.0 Å². The van der Waals surface area contributed by atoms with Gasteiger partial charge in [-0.3, -0.25) is 4.68 Å². The van der Waals surface area contributed by atoms with Crippen molar-refractivity contribution in [1.82, 2.24) is 9.78 Å². The summed E-state index contributed by atoms with van der Waals surface area (Å²) in [6.07, 6.45) is 0.670. The van der Waals surface area contributed by atoms with E-state index in [0.717, 1.165) is 11.4 Å². The molecule has 1 saturated heterocycles. The standard InChI is InChI=1S/C10H16N2O3S/c1-8-5-9(12(2)11-8)6-10(13)3-4-16(14,15)7-10/h5,13H,3-4,6-7H2,1-2H3. The van der Waals surface area contributed by atoms with E-state index in [2.05, 4.69) is 5.10 Å². The zero-order chi connectivity index (χ0) is 12.0. The van der Waals surface area contributed by atoms with E-state index in [9.17, 15) is 13.5 Å². The molecule has 0 amide bonds. The lowest BCUT2D eigenvalue weighted by atomic mass is 9.97. The Labute approximate surface area is 95.0 Å². The fourth-order valence-corrected chi connectivity index (χ4v) is 4.11. The molecule has 16 heavy (non-hydrogen) atoms. The molecular formula is C10H16N2O3S. The van der Waals surface area contributed by atoms with Gasteiger partial charge in [-0.2, -0.15) is 5.10 Å². The van der Waals surface area contributed by atoms with Crippen molar-refractivity contribution in [3.63, 3.8) is 0 Å². The molecule has 1 aliphatic rings. The van der Waals surface area contributed by atoms with Gasteiger partial charge in [0.15, 0.2) is 9.84 Å². The van der Waals surface area contributed by atoms with Crippen molar-refractivity contribution < 1.29 is 13.5 Å². The van der Waals surface area contributed by atoms with Crippen molar-refractivity contribution in [1.29, 1.82) is 0 Å². The molecule has 1 fully saturated rings. The number of hydrogen-bond donors (Lipinski definition) is 1. The summed E-state index contributed by atoms with van der Waals surface area (Å²) in [5.41, 5.74) is 0.637. The molecule has 0 bridgehead atoms. The fraction of sp³-hybridized carbons (Fsp3) is 0.700. The molecule has 0 saturated carbocycles. The molecule has 2 heterocycles. The quantitative estimate of drug-likeness (QED) is 0.783. The van der Waals surface area contributed by atoms with Crippen LogP contribution in [-0.2, 0) is 23.3 Å². The second-order valence-electron chi connectivity index (χ2n) is 4.64. The lowest BCUT2D eigenvalue weighted by Crippen LogP contribution is -2.33. The van der Waals surface area contributed by atoms with Gasteiger partial charge >= 0.3 is 0 Å². The Balaban J connectivity index is 2.19. The van der Waals surface area contributed by atoms with Gasteiger partial charge in [0.2, 0.25) is 0 Å². The van der Waals surface area contributed by atoms with Gasteiger partial charge in [0.1, 0.15) is 0 Å². The number of rotatable bonds is 2. The van der Waals surface area contributed by atoms with Gasteiger partial charge in [-0.15, -0.1) is 0 Å². The third-order valence-corrected chi connectivity index (χ3v) is 4.78. The SMILES string of the molecule is Cc1cc(CC2(O)CCS(=O)(=O)C2)n(C)n1. The maximum Gasteiger partial charge on any atom is 0.153 e. The van der Waals surface area contributed by atoms with Crippen molar-refractivity contribution in [2.45, 2.75) is 25.4 Å². The van der Waals surface area contributed by atoms with Crippen molar-refractivity contribution in [3.05, 3.63) is 17.5 Å². The normalized spacial score (nSPS) is 28.4. The van der Waals surface area contributed by atoms with Crippen molar-refractivity contribution in [2.24, 2.45) is 7.05 Å². The van der Waals surface area contributed by atoms with Crippen LogP contribution in [0.25, 0.3) is 0 Å². The fourth-order valence-electron chi connectivity index (χ4n) is 2.21. The van der Waals surface area contributed by atoms with E-state index in [0.29, 0.717) is 12.8 Å². The lowest BCUT2D eigenvalue weighted by Gasteiger charge is -2.20. The molecule has 0 aromatic carbocycles. The third kappa shape index (κ3) is 2.27. The van der Waals surface area contributed by atoms with Crippen LogP contribution in [0.1, 0.15) is 17.8 Å². The molecule has 1 aliphatic heterocycles. The van der Waals surface area contributed by atoms with Crippen LogP contribution in [0.4, 0.5) is 0 Å². The van der Waals surface area contributed by atoms with Crippen LogP contribution in [0.15, 0.2) is 6.07 Å². The summed E-state index contributed by atoms with van der Waals surface area (Å²) in [5.74, 6) is -0.0510. The minimum Gasteiger partial charge on any atom is -0.388 e. The van der Waals surface area contributed by atoms with Gasteiger partial charge in [0.05, 0.1) is 22.8 Å². The van der Waals surface area contributed by atoms with Gasteiger partial charge < -0.3 is 5.11 Å². The van der Waals surface area contributed by atoms with Crippen LogP contribution in [0, 0.1) is 6.92 Å². The maximum absolute atomic E-state index is 11.3. The molecule has 1 atom stereocenters. The molecule has 5 nitrogen and oxygen atoms in total. The first kappa shape index (κ1) is 11.6. The zero-order valence-corrected chi connectivity index (χ0v) is 10.3. The summed E-state index contributed by atoms with van der Waals surface area (Å²) in [6, 6.07) is 1.88. The van der Waals surface area contributed by atoms with Gasteiger partial charge in [-0.25, -0.2) is 8.42 Å². The molecule has 1 aromatic heterocycles. The zero-order valence-electron chi connectivity index (χ0n) is 9.47. The Kier molecular flexibility index (Phi) is 2.58. The highest BCUT2D eigenvalue weighted by Gasteiger charge is 2.41. The van der Waals surface area contributed by atoms with Crippen LogP contribution < -0.4 is 0 Å². The van der Waals surface area contributed by atoms with E-state index >= 15 is 0 Å². The minimum absolute atomic E-state index is 0.0837. The number of aromatic nitrogens is 2. The number of nitrogens with zero attached hydrogens (tertiary/aromatic N) is 2. The van der Waals surface area contributed by atoms with E-state index in [-0.39, 0.29) is 11.5 Å².